The summed E-state index contributed by atoms with van der Waals surface area (Å²) < 4.78 is 1.94. The first-order valence-electron chi connectivity index (χ1n) is 8.85. The lowest BCUT2D eigenvalue weighted by Crippen LogP contribution is -2.51. The Labute approximate surface area is 150 Å². The summed E-state index contributed by atoms with van der Waals surface area (Å²) in [6, 6.07) is 4.09. The van der Waals surface area contributed by atoms with Crippen LogP contribution in [-0.2, 0) is 6.54 Å². The Morgan fingerprint density at radius 1 is 1.24 bits per heavy atom. The maximum absolute atomic E-state index is 4.78. The van der Waals surface area contributed by atoms with Gasteiger partial charge in [-0.3, -0.25) is 0 Å². The van der Waals surface area contributed by atoms with E-state index in [1.807, 2.05) is 16.1 Å². The van der Waals surface area contributed by atoms with Gasteiger partial charge in [-0.25, -0.2) is 4.98 Å². The highest BCUT2D eigenvalue weighted by Crippen LogP contribution is 2.38. The molecule has 1 aliphatic carbocycles. The SMILES string of the molecule is Cc1ncsc1CNCC1CN(c2ccc3nnc(C4CC4)n3n2)C1. The van der Waals surface area contributed by atoms with Gasteiger partial charge in [-0.05, 0) is 31.9 Å². The molecule has 7 nitrogen and oxygen atoms in total. The number of aromatic nitrogens is 5. The number of rotatable bonds is 6. The first-order valence-corrected chi connectivity index (χ1v) is 9.73. The van der Waals surface area contributed by atoms with E-state index >= 15 is 0 Å². The third-order valence-electron chi connectivity index (χ3n) is 5.06. The minimum Gasteiger partial charge on any atom is -0.354 e. The Balaban J connectivity index is 1.18. The quantitative estimate of drug-likeness (QED) is 0.729. The minimum absolute atomic E-state index is 0.557. The highest BCUT2D eigenvalue weighted by atomic mass is 32.1. The van der Waals surface area contributed by atoms with Crippen molar-refractivity contribution in [1.29, 1.82) is 0 Å². The predicted octanol–water partition coefficient (Wildman–Crippen LogP) is 1.99. The second-order valence-electron chi connectivity index (χ2n) is 7.06. The zero-order chi connectivity index (χ0) is 16.8. The Morgan fingerprint density at radius 3 is 2.88 bits per heavy atom. The Kier molecular flexibility index (Phi) is 3.67. The van der Waals surface area contributed by atoms with E-state index in [1.54, 1.807) is 11.3 Å². The number of nitrogens with zero attached hydrogens (tertiary/aromatic N) is 6. The van der Waals surface area contributed by atoms with Crippen LogP contribution in [0.1, 0.15) is 35.2 Å². The lowest BCUT2D eigenvalue weighted by atomic mass is 10.0. The average Bonchev–Trinajstić information content (AvgIpc) is 3.21. The highest BCUT2D eigenvalue weighted by Gasteiger charge is 2.31. The van der Waals surface area contributed by atoms with Gasteiger partial charge in [0.05, 0.1) is 11.2 Å². The molecular weight excluding hydrogens is 334 g/mol. The molecule has 2 fully saturated rings. The first-order chi connectivity index (χ1) is 12.3. The predicted molar refractivity (Wildman–Crippen MR) is 97.0 cm³/mol. The van der Waals surface area contributed by atoms with E-state index in [9.17, 15) is 0 Å². The van der Waals surface area contributed by atoms with Crippen LogP contribution in [0.5, 0.6) is 0 Å². The summed E-state index contributed by atoms with van der Waals surface area (Å²) in [4.78, 5) is 7.96. The van der Waals surface area contributed by atoms with Crippen molar-refractivity contribution >= 4 is 22.8 Å². The standard InChI is InChI=1S/C17H21N7S/c1-11-14(25-10-19-11)7-18-6-12-8-23(9-12)16-5-4-15-20-21-17(13-2-3-13)24(15)22-16/h4-5,10,12-13,18H,2-3,6-9H2,1H3. The van der Waals surface area contributed by atoms with Gasteiger partial charge < -0.3 is 10.2 Å². The van der Waals surface area contributed by atoms with Crippen LogP contribution < -0.4 is 10.2 Å². The fraction of sp³-hybridized carbons (Fsp3) is 0.529. The van der Waals surface area contributed by atoms with E-state index in [4.69, 9.17) is 5.10 Å². The van der Waals surface area contributed by atoms with E-state index in [2.05, 4.69) is 38.4 Å². The lowest BCUT2D eigenvalue weighted by Gasteiger charge is -2.40. The normalized spacial score (nSPS) is 18.0. The molecule has 0 aromatic carbocycles. The Bertz CT molecular complexity index is 891. The molecule has 1 saturated heterocycles. The molecule has 5 rings (SSSR count). The number of thiazole rings is 1. The molecule has 0 radical (unpaired) electrons. The van der Waals surface area contributed by atoms with Crippen LogP contribution in [0.15, 0.2) is 17.6 Å². The number of hydrogen-bond acceptors (Lipinski definition) is 7. The number of nitrogens with one attached hydrogen (secondary N) is 1. The summed E-state index contributed by atoms with van der Waals surface area (Å²) in [6.45, 7) is 6.13. The second-order valence-corrected chi connectivity index (χ2v) is 8.00. The molecule has 0 bridgehead atoms. The van der Waals surface area contributed by atoms with Crippen molar-refractivity contribution in [3.63, 3.8) is 0 Å². The van der Waals surface area contributed by atoms with Crippen molar-refractivity contribution in [2.45, 2.75) is 32.2 Å². The van der Waals surface area contributed by atoms with Gasteiger partial charge >= 0.3 is 0 Å². The molecule has 1 saturated carbocycles. The molecule has 0 unspecified atom stereocenters. The van der Waals surface area contributed by atoms with E-state index in [-0.39, 0.29) is 0 Å². The van der Waals surface area contributed by atoms with Crippen LogP contribution in [-0.4, -0.2) is 44.4 Å². The van der Waals surface area contributed by atoms with Gasteiger partial charge in [0.15, 0.2) is 11.5 Å². The fourth-order valence-electron chi connectivity index (χ4n) is 3.33. The number of fused-ring (bicyclic) bond motifs is 1. The summed E-state index contributed by atoms with van der Waals surface area (Å²) in [5.74, 6) is 3.29. The molecular formula is C17H21N7S. The third-order valence-corrected chi connectivity index (χ3v) is 6.00. The van der Waals surface area contributed by atoms with Crippen molar-refractivity contribution in [1.82, 2.24) is 30.1 Å². The lowest BCUT2D eigenvalue weighted by molar-refractivity contribution is 0.381. The van der Waals surface area contributed by atoms with Crippen molar-refractivity contribution in [2.75, 3.05) is 24.5 Å². The smallest absolute Gasteiger partial charge is 0.178 e. The average molecular weight is 355 g/mol. The van der Waals surface area contributed by atoms with Gasteiger partial charge in [0.2, 0.25) is 0 Å². The molecule has 0 amide bonds. The molecule has 3 aromatic rings. The number of aryl methyl sites for hydroxylation is 1. The minimum atomic E-state index is 0.557. The molecule has 130 valence electrons. The Morgan fingerprint density at radius 2 is 2.12 bits per heavy atom. The van der Waals surface area contributed by atoms with E-state index in [0.717, 1.165) is 49.2 Å². The van der Waals surface area contributed by atoms with Crippen molar-refractivity contribution in [3.8, 4) is 0 Å². The maximum atomic E-state index is 4.78. The van der Waals surface area contributed by atoms with Gasteiger partial charge in [0.25, 0.3) is 0 Å². The molecule has 8 heteroatoms. The van der Waals surface area contributed by atoms with Crippen molar-refractivity contribution in [2.24, 2.45) is 5.92 Å². The zero-order valence-corrected chi connectivity index (χ0v) is 15.0. The fourth-order valence-corrected chi connectivity index (χ4v) is 4.08. The molecule has 4 heterocycles. The van der Waals surface area contributed by atoms with Crippen LogP contribution >= 0.6 is 11.3 Å². The topological polar surface area (TPSA) is 71.2 Å². The van der Waals surface area contributed by atoms with Gasteiger partial charge in [0, 0.05) is 42.9 Å². The number of hydrogen-bond donors (Lipinski definition) is 1. The van der Waals surface area contributed by atoms with Crippen LogP contribution in [0.4, 0.5) is 5.82 Å². The highest BCUT2D eigenvalue weighted by molar-refractivity contribution is 7.09. The van der Waals surface area contributed by atoms with E-state index in [1.165, 1.54) is 17.7 Å². The van der Waals surface area contributed by atoms with Crippen LogP contribution in [0.3, 0.4) is 0 Å². The van der Waals surface area contributed by atoms with Gasteiger partial charge in [-0.1, -0.05) is 0 Å². The molecule has 3 aromatic heterocycles. The second kappa shape index (κ2) is 6.03. The van der Waals surface area contributed by atoms with Crippen molar-refractivity contribution < 1.29 is 0 Å². The zero-order valence-electron chi connectivity index (χ0n) is 14.2. The summed E-state index contributed by atoms with van der Waals surface area (Å²) in [6.07, 6.45) is 2.42. The van der Waals surface area contributed by atoms with Gasteiger partial charge in [-0.15, -0.1) is 26.6 Å². The first kappa shape index (κ1) is 15.2. The van der Waals surface area contributed by atoms with Crippen LogP contribution in [0.25, 0.3) is 5.65 Å². The van der Waals surface area contributed by atoms with Gasteiger partial charge in [0.1, 0.15) is 5.82 Å². The molecule has 1 aliphatic heterocycles. The number of anilines is 1. The van der Waals surface area contributed by atoms with Crippen LogP contribution in [0, 0.1) is 12.8 Å². The summed E-state index contributed by atoms with van der Waals surface area (Å²) in [7, 11) is 0. The molecule has 25 heavy (non-hydrogen) atoms. The van der Waals surface area contributed by atoms with Gasteiger partial charge in [-0.2, -0.15) is 4.52 Å². The molecule has 1 N–H and O–H groups in total. The molecule has 2 aliphatic rings. The van der Waals surface area contributed by atoms with Crippen molar-refractivity contribution in [3.05, 3.63) is 34.0 Å². The largest absolute Gasteiger partial charge is 0.354 e. The monoisotopic (exact) mass is 355 g/mol. The molecule has 0 atom stereocenters. The summed E-state index contributed by atoms with van der Waals surface area (Å²) in [5.41, 5.74) is 3.91. The Hall–Kier alpha value is -2.06. The van der Waals surface area contributed by atoms with E-state index in [0.29, 0.717) is 11.8 Å². The summed E-state index contributed by atoms with van der Waals surface area (Å²) >= 11 is 1.73. The van der Waals surface area contributed by atoms with E-state index < -0.39 is 0 Å². The maximum Gasteiger partial charge on any atom is 0.178 e. The molecule has 0 spiro atoms. The summed E-state index contributed by atoms with van der Waals surface area (Å²) in [5, 5.41) is 16.9. The third kappa shape index (κ3) is 2.89. The van der Waals surface area contributed by atoms with Crippen LogP contribution in [0.2, 0.25) is 0 Å².